The Hall–Kier alpha value is -3.70. The number of hydrogen-bond acceptors (Lipinski definition) is 9. The molecule has 0 bridgehead atoms. The predicted molar refractivity (Wildman–Crippen MR) is 141 cm³/mol. The molecule has 10 nitrogen and oxygen atoms in total. The van der Waals surface area contributed by atoms with Crippen molar-refractivity contribution in [2.24, 2.45) is 0 Å². The average Bonchev–Trinajstić information content (AvgIpc) is 2.83. The minimum absolute atomic E-state index is 0.0424. The van der Waals surface area contributed by atoms with E-state index in [-0.39, 0.29) is 17.5 Å². The van der Waals surface area contributed by atoms with Crippen molar-refractivity contribution in [3.05, 3.63) is 65.9 Å². The molecule has 0 spiro atoms. The zero-order chi connectivity index (χ0) is 26.6. The van der Waals surface area contributed by atoms with Gasteiger partial charge in [-0.3, -0.25) is 9.69 Å². The number of sulfonamides is 1. The summed E-state index contributed by atoms with van der Waals surface area (Å²) >= 11 is 0. The molecule has 0 atom stereocenters. The van der Waals surface area contributed by atoms with Crippen LogP contribution in [-0.4, -0.2) is 73.1 Å². The fourth-order valence-electron chi connectivity index (χ4n) is 4.17. The summed E-state index contributed by atoms with van der Waals surface area (Å²) in [5.74, 6) is 0.839. The summed E-state index contributed by atoms with van der Waals surface area (Å²) in [5, 5.41) is 17.9. The van der Waals surface area contributed by atoms with Gasteiger partial charge in [-0.25, -0.2) is 13.1 Å². The van der Waals surface area contributed by atoms with Crippen LogP contribution in [0, 0.1) is 0 Å². The highest BCUT2D eigenvalue weighted by Gasteiger charge is 2.20. The van der Waals surface area contributed by atoms with E-state index in [1.165, 1.54) is 6.07 Å². The number of carbonyl (C=O) groups is 1. The highest BCUT2D eigenvalue weighted by atomic mass is 32.2. The number of aromatic hydroxyl groups is 1. The summed E-state index contributed by atoms with van der Waals surface area (Å²) in [6, 6.07) is 16.5. The fourth-order valence-corrected chi connectivity index (χ4v) is 4.61. The van der Waals surface area contributed by atoms with Gasteiger partial charge in [-0.05, 0) is 73.0 Å². The van der Waals surface area contributed by atoms with Crippen LogP contribution in [0.15, 0.2) is 54.6 Å². The van der Waals surface area contributed by atoms with Crippen molar-refractivity contribution in [1.29, 1.82) is 0 Å². The second-order valence-corrected chi connectivity index (χ2v) is 11.1. The van der Waals surface area contributed by atoms with Gasteiger partial charge in [-0.2, -0.15) is 0 Å². The number of nitrogens with one attached hydrogen (secondary N) is 1. The Kier molecular flexibility index (Phi) is 7.94. The van der Waals surface area contributed by atoms with Crippen LogP contribution in [0.3, 0.4) is 0 Å². The number of amides is 1. The number of hydrogen-bond donors (Lipinski definition) is 2. The Balaban J connectivity index is 1.41. The van der Waals surface area contributed by atoms with Crippen LogP contribution in [0.4, 0.5) is 5.82 Å². The number of phenolic OH excluding ortho intramolecular Hbond substituents is 1. The molecule has 3 aromatic rings. The number of anilines is 1. The smallest absolute Gasteiger partial charge is 0.285 e. The third kappa shape index (κ3) is 7.40. The van der Waals surface area contributed by atoms with Crippen molar-refractivity contribution in [2.45, 2.75) is 26.5 Å². The number of ether oxygens (including phenoxy) is 1. The predicted octanol–water partition coefficient (Wildman–Crippen LogP) is 2.65. The van der Waals surface area contributed by atoms with Gasteiger partial charge in [0.05, 0.1) is 12.4 Å². The van der Waals surface area contributed by atoms with Gasteiger partial charge in [0.2, 0.25) is 10.0 Å². The molecule has 2 heterocycles. The number of rotatable bonds is 8. The summed E-state index contributed by atoms with van der Waals surface area (Å²) in [6.45, 7) is 7.78. The SMILES string of the molecule is CC(C)Oc1cc(CN2CCN(c3ccc(C(=O)NS(C)(=O)=O)nn3)CC2)cc(-c2cccc(O)c2)c1. The zero-order valence-corrected chi connectivity index (χ0v) is 21.9. The molecular formula is C26H31N5O5S. The molecule has 0 unspecified atom stereocenters. The Morgan fingerprint density at radius 3 is 2.41 bits per heavy atom. The van der Waals surface area contributed by atoms with Gasteiger partial charge in [0.15, 0.2) is 11.5 Å². The van der Waals surface area contributed by atoms with E-state index in [2.05, 4.69) is 32.1 Å². The van der Waals surface area contributed by atoms with Gasteiger partial charge < -0.3 is 14.7 Å². The molecule has 1 aromatic heterocycles. The van der Waals surface area contributed by atoms with Crippen molar-refractivity contribution >= 4 is 21.7 Å². The van der Waals surface area contributed by atoms with E-state index >= 15 is 0 Å². The first-order chi connectivity index (χ1) is 17.6. The number of benzene rings is 2. The molecule has 4 rings (SSSR count). The fraction of sp³-hybridized carbons (Fsp3) is 0.346. The molecule has 11 heteroatoms. The van der Waals surface area contributed by atoms with Crippen LogP contribution >= 0.6 is 0 Å². The maximum Gasteiger partial charge on any atom is 0.285 e. The van der Waals surface area contributed by atoms with Crippen molar-refractivity contribution in [2.75, 3.05) is 37.3 Å². The topological polar surface area (TPSA) is 125 Å². The largest absolute Gasteiger partial charge is 0.508 e. The van der Waals surface area contributed by atoms with E-state index < -0.39 is 15.9 Å². The van der Waals surface area contributed by atoms with Crippen LogP contribution in [-0.2, 0) is 16.6 Å². The third-order valence-corrected chi connectivity index (χ3v) is 6.34. The number of aromatic nitrogens is 2. The first kappa shape index (κ1) is 26.4. The van der Waals surface area contributed by atoms with Crippen molar-refractivity contribution in [1.82, 2.24) is 19.8 Å². The Bertz CT molecular complexity index is 1350. The lowest BCUT2D eigenvalue weighted by atomic mass is 10.0. The molecule has 1 saturated heterocycles. The van der Waals surface area contributed by atoms with Gasteiger partial charge >= 0.3 is 0 Å². The van der Waals surface area contributed by atoms with Gasteiger partial charge in [0.25, 0.3) is 5.91 Å². The lowest BCUT2D eigenvalue weighted by molar-refractivity contribution is 0.0976. The Labute approximate surface area is 216 Å². The van der Waals surface area contributed by atoms with Crippen LogP contribution in [0.1, 0.15) is 29.9 Å². The minimum atomic E-state index is -3.67. The highest BCUT2D eigenvalue weighted by molar-refractivity contribution is 7.89. The first-order valence-corrected chi connectivity index (χ1v) is 13.9. The lowest BCUT2D eigenvalue weighted by Gasteiger charge is -2.35. The second kappa shape index (κ2) is 11.1. The monoisotopic (exact) mass is 525 g/mol. The molecule has 1 aliphatic heterocycles. The summed E-state index contributed by atoms with van der Waals surface area (Å²) in [6.07, 6.45) is 0.952. The summed E-state index contributed by atoms with van der Waals surface area (Å²) < 4.78 is 30.4. The van der Waals surface area contributed by atoms with Gasteiger partial charge in [0.1, 0.15) is 11.5 Å². The van der Waals surface area contributed by atoms with Crippen molar-refractivity contribution in [3.63, 3.8) is 0 Å². The van der Waals surface area contributed by atoms with E-state index in [1.807, 2.05) is 36.8 Å². The molecule has 37 heavy (non-hydrogen) atoms. The van der Waals surface area contributed by atoms with Gasteiger partial charge in [-0.15, -0.1) is 10.2 Å². The van der Waals surface area contributed by atoms with Gasteiger partial charge in [-0.1, -0.05) is 12.1 Å². The molecule has 1 aliphatic rings. The molecule has 196 valence electrons. The minimum Gasteiger partial charge on any atom is -0.508 e. The average molecular weight is 526 g/mol. The molecule has 1 fully saturated rings. The molecule has 0 saturated carbocycles. The highest BCUT2D eigenvalue weighted by Crippen LogP contribution is 2.29. The standard InChI is InChI=1S/C26H31N5O5S/c1-18(2)36-23-14-19(13-21(16-23)20-5-4-6-22(32)15-20)17-30-9-11-31(12-10-30)25-8-7-24(27-28-25)26(33)29-37(3,34)35/h4-8,13-16,18,32H,9-12,17H2,1-3H3,(H,29,33). The van der Waals surface area contributed by atoms with E-state index in [9.17, 15) is 18.3 Å². The number of phenols is 1. The first-order valence-electron chi connectivity index (χ1n) is 12.0. The number of piperazine rings is 1. The number of carbonyl (C=O) groups excluding carboxylic acids is 1. The maximum atomic E-state index is 11.9. The van der Waals surface area contributed by atoms with Crippen LogP contribution in [0.2, 0.25) is 0 Å². The quantitative estimate of drug-likeness (QED) is 0.457. The lowest BCUT2D eigenvalue weighted by Crippen LogP contribution is -2.46. The molecule has 0 radical (unpaired) electrons. The van der Waals surface area contributed by atoms with Crippen molar-refractivity contribution < 1.29 is 23.1 Å². The number of nitrogens with zero attached hydrogens (tertiary/aromatic N) is 4. The van der Waals surface area contributed by atoms with E-state index in [0.717, 1.165) is 61.4 Å². The van der Waals surface area contributed by atoms with E-state index in [0.29, 0.717) is 5.82 Å². The Morgan fingerprint density at radius 2 is 1.78 bits per heavy atom. The molecule has 1 amide bonds. The summed E-state index contributed by atoms with van der Waals surface area (Å²) in [4.78, 5) is 16.4. The van der Waals surface area contributed by atoms with E-state index in [4.69, 9.17) is 4.74 Å². The molecule has 2 N–H and O–H groups in total. The van der Waals surface area contributed by atoms with Crippen molar-refractivity contribution in [3.8, 4) is 22.6 Å². The molecule has 2 aromatic carbocycles. The van der Waals surface area contributed by atoms with Crippen LogP contribution in [0.25, 0.3) is 11.1 Å². The maximum absolute atomic E-state index is 11.9. The summed E-state index contributed by atoms with van der Waals surface area (Å²) in [5.41, 5.74) is 2.97. The normalized spacial score (nSPS) is 14.5. The second-order valence-electron chi connectivity index (χ2n) is 9.33. The molecule has 0 aliphatic carbocycles. The summed E-state index contributed by atoms with van der Waals surface area (Å²) in [7, 11) is -3.67. The Morgan fingerprint density at radius 1 is 1.03 bits per heavy atom. The van der Waals surface area contributed by atoms with Gasteiger partial charge in [0, 0.05) is 32.7 Å². The molecular weight excluding hydrogens is 494 g/mol. The van der Waals surface area contributed by atoms with Crippen LogP contribution in [0.5, 0.6) is 11.5 Å². The van der Waals surface area contributed by atoms with Crippen LogP contribution < -0.4 is 14.4 Å². The third-order valence-electron chi connectivity index (χ3n) is 5.78. The van der Waals surface area contributed by atoms with E-state index in [1.54, 1.807) is 18.2 Å². The zero-order valence-electron chi connectivity index (χ0n) is 21.1.